The van der Waals surface area contributed by atoms with Crippen LogP contribution >= 0.6 is 15.9 Å². The topological polar surface area (TPSA) is 35.5 Å². The second kappa shape index (κ2) is 7.40. The van der Waals surface area contributed by atoms with Crippen LogP contribution in [-0.2, 0) is 22.6 Å². The van der Waals surface area contributed by atoms with Crippen molar-refractivity contribution in [2.75, 3.05) is 7.11 Å². The van der Waals surface area contributed by atoms with Crippen molar-refractivity contribution >= 4 is 21.9 Å². The van der Waals surface area contributed by atoms with Gasteiger partial charge in [0.2, 0.25) is 0 Å². The molecule has 0 saturated carbocycles. The summed E-state index contributed by atoms with van der Waals surface area (Å²) in [5.74, 6) is -0.548. The average Bonchev–Trinajstić information content (AvgIpc) is 2.48. The molecule has 2 aromatic carbocycles. The predicted octanol–water partition coefficient (Wildman–Crippen LogP) is 4.19. The highest BCUT2D eigenvalue weighted by molar-refractivity contribution is 9.10. The Kier molecular flexibility index (Phi) is 5.55. The first-order valence-corrected chi connectivity index (χ1v) is 7.52. The van der Waals surface area contributed by atoms with Crippen molar-refractivity contribution in [3.8, 4) is 5.75 Å². The van der Waals surface area contributed by atoms with Crippen LogP contribution in [0.15, 0.2) is 40.9 Å². The van der Waals surface area contributed by atoms with E-state index in [-0.39, 0.29) is 24.7 Å². The normalized spacial score (nSPS) is 10.4. The molecule has 0 spiro atoms. The van der Waals surface area contributed by atoms with Gasteiger partial charge in [0, 0.05) is 10.0 Å². The summed E-state index contributed by atoms with van der Waals surface area (Å²) in [5.41, 5.74) is 2.42. The Bertz CT molecular complexity index is 686. The van der Waals surface area contributed by atoms with Crippen LogP contribution in [0.25, 0.3) is 0 Å². The minimum Gasteiger partial charge on any atom is -0.486 e. The van der Waals surface area contributed by atoms with E-state index in [1.807, 2.05) is 25.1 Å². The molecule has 0 N–H and O–H groups in total. The van der Waals surface area contributed by atoms with Crippen LogP contribution < -0.4 is 4.74 Å². The molecule has 0 amide bonds. The molecule has 2 rings (SSSR count). The summed E-state index contributed by atoms with van der Waals surface area (Å²) in [6.07, 6.45) is 0.144. The molecule has 0 bridgehead atoms. The molecule has 0 saturated heterocycles. The minimum absolute atomic E-state index is 0.144. The van der Waals surface area contributed by atoms with Crippen molar-refractivity contribution in [1.82, 2.24) is 0 Å². The quantitative estimate of drug-likeness (QED) is 0.744. The molecule has 22 heavy (non-hydrogen) atoms. The molecule has 0 aliphatic carbocycles. The number of ether oxygens (including phenoxy) is 2. The first-order valence-electron chi connectivity index (χ1n) is 6.73. The summed E-state index contributed by atoms with van der Waals surface area (Å²) < 4.78 is 24.9. The molecule has 116 valence electrons. The van der Waals surface area contributed by atoms with E-state index >= 15 is 0 Å². The van der Waals surface area contributed by atoms with Gasteiger partial charge in [0.15, 0.2) is 11.6 Å². The van der Waals surface area contributed by atoms with Crippen molar-refractivity contribution in [2.45, 2.75) is 20.0 Å². The van der Waals surface area contributed by atoms with Gasteiger partial charge < -0.3 is 9.47 Å². The Hall–Kier alpha value is -1.88. The molecule has 3 nitrogen and oxygen atoms in total. The first-order chi connectivity index (χ1) is 10.5. The fourth-order valence-corrected chi connectivity index (χ4v) is 2.55. The summed E-state index contributed by atoms with van der Waals surface area (Å²) in [6, 6.07) is 10.3. The molecule has 2 aromatic rings. The van der Waals surface area contributed by atoms with Crippen molar-refractivity contribution in [2.24, 2.45) is 0 Å². The number of aryl methyl sites for hydroxylation is 1. The molecule has 0 fully saturated rings. The van der Waals surface area contributed by atoms with Gasteiger partial charge in [0.1, 0.15) is 6.61 Å². The summed E-state index contributed by atoms with van der Waals surface area (Å²) in [4.78, 5) is 11.5. The Balaban J connectivity index is 2.19. The molecule has 0 radical (unpaired) electrons. The monoisotopic (exact) mass is 366 g/mol. The van der Waals surface area contributed by atoms with Crippen LogP contribution in [0.2, 0.25) is 0 Å². The molecule has 0 heterocycles. The third kappa shape index (κ3) is 4.07. The van der Waals surface area contributed by atoms with Crippen LogP contribution in [0.4, 0.5) is 4.39 Å². The summed E-state index contributed by atoms with van der Waals surface area (Å²) in [6.45, 7) is 1.98. The second-order valence-electron chi connectivity index (χ2n) is 4.85. The van der Waals surface area contributed by atoms with Gasteiger partial charge in [-0.15, -0.1) is 0 Å². The van der Waals surface area contributed by atoms with Gasteiger partial charge >= 0.3 is 5.97 Å². The second-order valence-corrected chi connectivity index (χ2v) is 5.71. The highest BCUT2D eigenvalue weighted by Gasteiger charge is 2.13. The number of carbonyl (C=O) groups excluding carboxylic acids is 1. The molecule has 5 heteroatoms. The third-order valence-electron chi connectivity index (χ3n) is 3.24. The maximum absolute atomic E-state index is 13.8. The lowest BCUT2D eigenvalue weighted by molar-refractivity contribution is -0.139. The number of carbonyl (C=O) groups is 1. The van der Waals surface area contributed by atoms with Gasteiger partial charge in [-0.25, -0.2) is 4.39 Å². The molecule has 0 aromatic heterocycles. The maximum atomic E-state index is 13.8. The fourth-order valence-electron chi connectivity index (χ4n) is 2.03. The molecule has 0 aliphatic rings. The lowest BCUT2D eigenvalue weighted by Gasteiger charge is -2.13. The van der Waals surface area contributed by atoms with E-state index < -0.39 is 5.82 Å². The number of hydrogen-bond donors (Lipinski definition) is 0. The average molecular weight is 367 g/mol. The lowest BCUT2D eigenvalue weighted by Crippen LogP contribution is -2.09. The van der Waals surface area contributed by atoms with Crippen molar-refractivity contribution in [3.05, 3.63) is 63.4 Å². The smallest absolute Gasteiger partial charge is 0.309 e. The van der Waals surface area contributed by atoms with Gasteiger partial charge in [-0.1, -0.05) is 34.1 Å². The van der Waals surface area contributed by atoms with Crippen molar-refractivity contribution < 1.29 is 18.7 Å². The zero-order valence-corrected chi connectivity index (χ0v) is 13.9. The van der Waals surface area contributed by atoms with Crippen molar-refractivity contribution in [1.29, 1.82) is 0 Å². The number of halogens is 2. The van der Waals surface area contributed by atoms with E-state index in [2.05, 4.69) is 20.7 Å². The van der Waals surface area contributed by atoms with E-state index in [0.717, 1.165) is 21.2 Å². The third-order valence-corrected chi connectivity index (χ3v) is 3.98. The van der Waals surface area contributed by atoms with Crippen LogP contribution in [0, 0.1) is 12.7 Å². The van der Waals surface area contributed by atoms with Gasteiger partial charge in [0.25, 0.3) is 0 Å². The van der Waals surface area contributed by atoms with E-state index in [9.17, 15) is 9.18 Å². The van der Waals surface area contributed by atoms with Gasteiger partial charge in [-0.3, -0.25) is 4.79 Å². The Morgan fingerprint density at radius 3 is 2.73 bits per heavy atom. The number of rotatable bonds is 5. The zero-order valence-electron chi connectivity index (χ0n) is 12.4. The van der Waals surface area contributed by atoms with Gasteiger partial charge in [-0.2, -0.15) is 0 Å². The van der Waals surface area contributed by atoms with E-state index in [0.29, 0.717) is 0 Å². The highest BCUT2D eigenvalue weighted by atomic mass is 79.9. The number of benzene rings is 2. The number of esters is 1. The molecular formula is C17H16BrFO3. The summed E-state index contributed by atoms with van der Waals surface area (Å²) >= 11 is 3.44. The SMILES string of the molecule is COC(=O)Cc1cccc(Br)c1COc1ccc(C)cc1F. The summed E-state index contributed by atoms with van der Waals surface area (Å²) in [5, 5.41) is 0. The zero-order chi connectivity index (χ0) is 16.1. The van der Waals surface area contributed by atoms with Gasteiger partial charge in [0.05, 0.1) is 13.5 Å². The minimum atomic E-state index is -0.401. The highest BCUT2D eigenvalue weighted by Crippen LogP contribution is 2.25. The number of methoxy groups -OCH3 is 1. The maximum Gasteiger partial charge on any atom is 0.309 e. The van der Waals surface area contributed by atoms with Crippen LogP contribution in [0.3, 0.4) is 0 Å². The first kappa shape index (κ1) is 16.5. The lowest BCUT2D eigenvalue weighted by atomic mass is 10.1. The Morgan fingerprint density at radius 1 is 1.27 bits per heavy atom. The van der Waals surface area contributed by atoms with E-state index in [4.69, 9.17) is 4.74 Å². The Morgan fingerprint density at radius 2 is 2.05 bits per heavy atom. The predicted molar refractivity (Wildman–Crippen MR) is 85.3 cm³/mol. The number of hydrogen-bond acceptors (Lipinski definition) is 3. The molecule has 0 unspecified atom stereocenters. The van der Waals surface area contributed by atoms with E-state index in [1.165, 1.54) is 13.2 Å². The van der Waals surface area contributed by atoms with Crippen LogP contribution in [0.1, 0.15) is 16.7 Å². The van der Waals surface area contributed by atoms with E-state index in [1.54, 1.807) is 12.1 Å². The molecule has 0 atom stereocenters. The molecule has 0 aliphatic heterocycles. The summed E-state index contributed by atoms with van der Waals surface area (Å²) in [7, 11) is 1.35. The standard InChI is InChI=1S/C17H16BrFO3/c1-11-6-7-16(15(19)8-11)22-10-13-12(9-17(20)21-2)4-3-5-14(13)18/h3-8H,9-10H2,1-2H3. The van der Waals surface area contributed by atoms with Crippen LogP contribution in [0.5, 0.6) is 5.75 Å². The van der Waals surface area contributed by atoms with Crippen LogP contribution in [-0.4, -0.2) is 13.1 Å². The Labute approximate surface area is 137 Å². The largest absolute Gasteiger partial charge is 0.486 e. The molecular weight excluding hydrogens is 351 g/mol. The fraction of sp³-hybridized carbons (Fsp3) is 0.235. The van der Waals surface area contributed by atoms with Gasteiger partial charge in [-0.05, 0) is 36.2 Å². The van der Waals surface area contributed by atoms with Crippen molar-refractivity contribution in [3.63, 3.8) is 0 Å².